The first-order valence-electron chi connectivity index (χ1n) is 6.65. The molecule has 0 saturated heterocycles. The lowest BCUT2D eigenvalue weighted by Gasteiger charge is -2.09. The van der Waals surface area contributed by atoms with Gasteiger partial charge in [0.1, 0.15) is 0 Å². The van der Waals surface area contributed by atoms with E-state index in [0.717, 1.165) is 23.1 Å². The van der Waals surface area contributed by atoms with Crippen LogP contribution in [0.4, 0.5) is 0 Å². The highest BCUT2D eigenvalue weighted by Gasteiger charge is 2.07. The zero-order valence-corrected chi connectivity index (χ0v) is 12.7. The molecule has 0 spiro atoms. The topological polar surface area (TPSA) is 43.8 Å². The standard InChI is InChI=1S/C16H16BrN3/c17-14-4-5-15(19-10-14)11-20-9-7-13-3-1-2-12(6-8-18)16(13)20/h1-5,7,9-10H,6,8,11,18H2. The molecule has 0 amide bonds. The van der Waals surface area contributed by atoms with Crippen LogP contribution >= 0.6 is 15.9 Å². The largest absolute Gasteiger partial charge is 0.341 e. The number of aromatic nitrogens is 2. The molecular formula is C16H16BrN3. The Morgan fingerprint density at radius 2 is 2.05 bits per heavy atom. The monoisotopic (exact) mass is 329 g/mol. The van der Waals surface area contributed by atoms with Crippen LogP contribution < -0.4 is 5.73 Å². The number of fused-ring (bicyclic) bond motifs is 1. The Morgan fingerprint density at radius 3 is 2.80 bits per heavy atom. The third-order valence-corrected chi connectivity index (χ3v) is 3.88. The summed E-state index contributed by atoms with van der Waals surface area (Å²) in [7, 11) is 0. The van der Waals surface area contributed by atoms with Crippen molar-refractivity contribution >= 4 is 26.8 Å². The number of benzene rings is 1. The second-order valence-corrected chi connectivity index (χ2v) is 5.72. The van der Waals surface area contributed by atoms with E-state index in [9.17, 15) is 0 Å². The van der Waals surface area contributed by atoms with E-state index in [-0.39, 0.29) is 0 Å². The third kappa shape index (κ3) is 2.62. The molecule has 0 saturated carbocycles. The minimum Gasteiger partial charge on any atom is -0.341 e. The SMILES string of the molecule is NCCc1cccc2ccn(Cc3ccc(Br)cn3)c12. The Labute approximate surface area is 126 Å². The van der Waals surface area contributed by atoms with Crippen molar-refractivity contribution in [2.75, 3.05) is 6.54 Å². The first kappa shape index (κ1) is 13.3. The number of nitrogens with zero attached hydrogens (tertiary/aromatic N) is 2. The minimum absolute atomic E-state index is 0.667. The summed E-state index contributed by atoms with van der Waals surface area (Å²) in [5.74, 6) is 0. The Hall–Kier alpha value is -1.65. The van der Waals surface area contributed by atoms with Crippen molar-refractivity contribution in [1.82, 2.24) is 9.55 Å². The summed E-state index contributed by atoms with van der Waals surface area (Å²) in [6.45, 7) is 1.44. The lowest BCUT2D eigenvalue weighted by molar-refractivity contribution is 0.800. The van der Waals surface area contributed by atoms with Crippen molar-refractivity contribution in [1.29, 1.82) is 0 Å². The van der Waals surface area contributed by atoms with Gasteiger partial charge in [-0.3, -0.25) is 4.98 Å². The van der Waals surface area contributed by atoms with Gasteiger partial charge in [-0.25, -0.2) is 0 Å². The summed E-state index contributed by atoms with van der Waals surface area (Å²) < 4.78 is 3.25. The van der Waals surface area contributed by atoms with Gasteiger partial charge in [0.15, 0.2) is 0 Å². The van der Waals surface area contributed by atoms with Crippen molar-refractivity contribution in [3.05, 3.63) is 64.5 Å². The Bertz CT molecular complexity index is 716. The molecule has 0 aliphatic rings. The van der Waals surface area contributed by atoms with Gasteiger partial charge in [0.25, 0.3) is 0 Å². The number of nitrogens with two attached hydrogens (primary N) is 1. The quantitative estimate of drug-likeness (QED) is 0.797. The lowest BCUT2D eigenvalue weighted by atomic mass is 10.1. The molecule has 102 valence electrons. The average molecular weight is 330 g/mol. The van der Waals surface area contributed by atoms with Crippen LogP contribution in [0.15, 0.2) is 53.3 Å². The van der Waals surface area contributed by atoms with Crippen molar-refractivity contribution in [2.45, 2.75) is 13.0 Å². The summed E-state index contributed by atoms with van der Waals surface area (Å²) >= 11 is 3.41. The molecule has 0 fully saturated rings. The summed E-state index contributed by atoms with van der Waals surface area (Å²) in [6, 6.07) is 12.6. The Kier molecular flexibility index (Phi) is 3.85. The van der Waals surface area contributed by atoms with Gasteiger partial charge in [0.2, 0.25) is 0 Å². The number of para-hydroxylation sites is 1. The van der Waals surface area contributed by atoms with Crippen LogP contribution in [0.2, 0.25) is 0 Å². The molecule has 0 unspecified atom stereocenters. The van der Waals surface area contributed by atoms with Crippen LogP contribution in [-0.4, -0.2) is 16.1 Å². The van der Waals surface area contributed by atoms with Gasteiger partial charge in [-0.1, -0.05) is 18.2 Å². The molecule has 2 aromatic heterocycles. The number of rotatable bonds is 4. The maximum Gasteiger partial charge on any atom is 0.0648 e. The highest BCUT2D eigenvalue weighted by Crippen LogP contribution is 2.21. The van der Waals surface area contributed by atoms with Crippen LogP contribution in [-0.2, 0) is 13.0 Å². The fourth-order valence-electron chi connectivity index (χ4n) is 2.50. The molecule has 3 nitrogen and oxygen atoms in total. The highest BCUT2D eigenvalue weighted by atomic mass is 79.9. The van der Waals surface area contributed by atoms with Gasteiger partial charge >= 0.3 is 0 Å². The van der Waals surface area contributed by atoms with Crippen LogP contribution in [0.5, 0.6) is 0 Å². The summed E-state index contributed by atoms with van der Waals surface area (Å²) in [6.07, 6.45) is 4.85. The highest BCUT2D eigenvalue weighted by molar-refractivity contribution is 9.10. The molecule has 2 N–H and O–H groups in total. The Morgan fingerprint density at radius 1 is 1.15 bits per heavy atom. The van der Waals surface area contributed by atoms with Gasteiger partial charge < -0.3 is 10.3 Å². The maximum atomic E-state index is 5.71. The van der Waals surface area contributed by atoms with Crippen molar-refractivity contribution in [2.24, 2.45) is 5.73 Å². The molecule has 0 bridgehead atoms. The minimum atomic E-state index is 0.667. The fraction of sp³-hybridized carbons (Fsp3) is 0.188. The van der Waals surface area contributed by atoms with Gasteiger partial charge in [0, 0.05) is 16.9 Å². The van der Waals surface area contributed by atoms with Crippen LogP contribution in [0.3, 0.4) is 0 Å². The number of hydrogen-bond acceptors (Lipinski definition) is 2. The van der Waals surface area contributed by atoms with E-state index < -0.39 is 0 Å². The van der Waals surface area contributed by atoms with Crippen molar-refractivity contribution in [3.63, 3.8) is 0 Å². The predicted molar refractivity (Wildman–Crippen MR) is 85.7 cm³/mol. The number of pyridine rings is 1. The van der Waals surface area contributed by atoms with E-state index in [1.807, 2.05) is 18.3 Å². The Balaban J connectivity index is 2.00. The number of halogens is 1. The smallest absolute Gasteiger partial charge is 0.0648 e. The van der Waals surface area contributed by atoms with Crippen LogP contribution in [0, 0.1) is 0 Å². The van der Waals surface area contributed by atoms with Crippen LogP contribution in [0.1, 0.15) is 11.3 Å². The number of hydrogen-bond donors (Lipinski definition) is 1. The normalized spacial score (nSPS) is 11.1. The second-order valence-electron chi connectivity index (χ2n) is 4.81. The van der Waals surface area contributed by atoms with E-state index in [4.69, 9.17) is 5.73 Å². The molecule has 4 heteroatoms. The van der Waals surface area contributed by atoms with Crippen LogP contribution in [0.25, 0.3) is 10.9 Å². The van der Waals surface area contributed by atoms with Crippen molar-refractivity contribution < 1.29 is 0 Å². The molecule has 0 aliphatic heterocycles. The van der Waals surface area contributed by atoms with E-state index in [1.54, 1.807) is 0 Å². The zero-order chi connectivity index (χ0) is 13.9. The molecule has 3 rings (SSSR count). The molecule has 0 radical (unpaired) electrons. The zero-order valence-electron chi connectivity index (χ0n) is 11.1. The van der Waals surface area contributed by atoms with E-state index in [0.29, 0.717) is 6.54 Å². The molecule has 20 heavy (non-hydrogen) atoms. The lowest BCUT2D eigenvalue weighted by Crippen LogP contribution is -2.06. The molecule has 3 aromatic rings. The molecular weight excluding hydrogens is 314 g/mol. The molecule has 0 aliphatic carbocycles. The first-order chi connectivity index (χ1) is 9.78. The van der Waals surface area contributed by atoms with Gasteiger partial charge in [0.05, 0.1) is 17.8 Å². The van der Waals surface area contributed by atoms with Gasteiger partial charge in [-0.05, 0) is 58.0 Å². The van der Waals surface area contributed by atoms with Gasteiger partial charge in [-0.15, -0.1) is 0 Å². The fourth-order valence-corrected chi connectivity index (χ4v) is 2.74. The summed E-state index contributed by atoms with van der Waals surface area (Å²) in [5, 5.41) is 1.26. The predicted octanol–water partition coefficient (Wildman–Crippen LogP) is 3.35. The van der Waals surface area contributed by atoms with Crippen molar-refractivity contribution in [3.8, 4) is 0 Å². The summed E-state index contributed by atoms with van der Waals surface area (Å²) in [4.78, 5) is 4.44. The molecule has 1 aromatic carbocycles. The molecule has 2 heterocycles. The second kappa shape index (κ2) is 5.77. The average Bonchev–Trinajstić information content (AvgIpc) is 2.86. The first-order valence-corrected chi connectivity index (χ1v) is 7.44. The van der Waals surface area contributed by atoms with Gasteiger partial charge in [-0.2, -0.15) is 0 Å². The maximum absolute atomic E-state index is 5.71. The van der Waals surface area contributed by atoms with E-state index in [2.05, 4.69) is 55.9 Å². The summed E-state index contributed by atoms with van der Waals surface area (Å²) in [5.41, 5.74) is 9.33. The molecule has 0 atom stereocenters. The third-order valence-electron chi connectivity index (χ3n) is 3.41. The van der Waals surface area contributed by atoms with E-state index >= 15 is 0 Å². The van der Waals surface area contributed by atoms with E-state index in [1.165, 1.54) is 16.5 Å².